The molecule has 0 spiro atoms. The lowest BCUT2D eigenvalue weighted by Gasteiger charge is -2.36. The maximum Gasteiger partial charge on any atom is 0.233 e. The van der Waals surface area contributed by atoms with Gasteiger partial charge in [0.25, 0.3) is 0 Å². The molecular weight excluding hydrogens is 492 g/mol. The molecule has 1 saturated heterocycles. The third kappa shape index (κ3) is 8.51. The first kappa shape index (κ1) is 29.0. The van der Waals surface area contributed by atoms with Crippen molar-refractivity contribution in [1.82, 2.24) is 20.2 Å². The van der Waals surface area contributed by atoms with Crippen LogP contribution in [0.5, 0.6) is 0 Å². The van der Waals surface area contributed by atoms with Crippen molar-refractivity contribution in [3.63, 3.8) is 0 Å². The highest BCUT2D eigenvalue weighted by Gasteiger charge is 2.30. The highest BCUT2D eigenvalue weighted by molar-refractivity contribution is 5.83. The molecule has 1 saturated carbocycles. The molecule has 2 N–H and O–H groups in total. The van der Waals surface area contributed by atoms with E-state index in [1.54, 1.807) is 0 Å². The van der Waals surface area contributed by atoms with Gasteiger partial charge in [-0.15, -0.1) is 0 Å². The fraction of sp³-hybridized carbons (Fsp3) is 0.581. The highest BCUT2D eigenvalue weighted by Crippen LogP contribution is 2.30. The number of carbonyl (C=O) groups is 3. The van der Waals surface area contributed by atoms with Crippen LogP contribution in [0.4, 0.5) is 0 Å². The molecule has 8 nitrogen and oxygen atoms in total. The number of hydrogen-bond donors (Lipinski definition) is 2. The van der Waals surface area contributed by atoms with E-state index in [1.165, 1.54) is 16.3 Å². The Morgan fingerprint density at radius 3 is 2.46 bits per heavy atom. The van der Waals surface area contributed by atoms with Gasteiger partial charge in [-0.2, -0.15) is 0 Å². The van der Waals surface area contributed by atoms with Crippen molar-refractivity contribution in [3.05, 3.63) is 48.0 Å². The van der Waals surface area contributed by atoms with Crippen LogP contribution in [0.2, 0.25) is 0 Å². The van der Waals surface area contributed by atoms with Gasteiger partial charge in [-0.25, -0.2) is 5.06 Å². The maximum absolute atomic E-state index is 13.1. The predicted molar refractivity (Wildman–Crippen MR) is 152 cm³/mol. The quantitative estimate of drug-likeness (QED) is 0.241. The minimum Gasteiger partial charge on any atom is -0.355 e. The van der Waals surface area contributed by atoms with E-state index >= 15 is 0 Å². The highest BCUT2D eigenvalue weighted by atomic mass is 16.5. The molecule has 4 rings (SSSR count). The SMILES string of the molecule is CC(C)(CNC(=O)CC(CC1CCCC1)N(O)C=O)CC(=O)N1CCN(Cc2ccc3ccccc3c2)CC1. The summed E-state index contributed by atoms with van der Waals surface area (Å²) in [6.07, 6.45) is 5.93. The Morgan fingerprint density at radius 2 is 1.77 bits per heavy atom. The van der Waals surface area contributed by atoms with Gasteiger partial charge in [0.05, 0.1) is 6.04 Å². The van der Waals surface area contributed by atoms with E-state index < -0.39 is 11.5 Å². The average molecular weight is 537 g/mol. The molecule has 1 unspecified atom stereocenters. The van der Waals surface area contributed by atoms with E-state index in [4.69, 9.17) is 0 Å². The second-order valence-corrected chi connectivity index (χ2v) is 12.2. The lowest BCUT2D eigenvalue weighted by molar-refractivity contribution is -0.163. The van der Waals surface area contributed by atoms with Gasteiger partial charge in [-0.3, -0.25) is 24.5 Å². The Hall–Kier alpha value is -2.97. The summed E-state index contributed by atoms with van der Waals surface area (Å²) in [5, 5.41) is 16.1. The van der Waals surface area contributed by atoms with Crippen molar-refractivity contribution in [2.24, 2.45) is 11.3 Å². The molecule has 212 valence electrons. The molecular formula is C31H44N4O4. The Bertz CT molecular complexity index is 1120. The molecule has 2 aromatic carbocycles. The first-order chi connectivity index (χ1) is 18.7. The minimum absolute atomic E-state index is 0.0644. The van der Waals surface area contributed by atoms with E-state index in [9.17, 15) is 19.6 Å². The van der Waals surface area contributed by atoms with Crippen LogP contribution in [0, 0.1) is 11.3 Å². The summed E-state index contributed by atoms with van der Waals surface area (Å²) in [7, 11) is 0. The molecule has 1 heterocycles. The van der Waals surface area contributed by atoms with Gasteiger partial charge in [0.2, 0.25) is 18.2 Å². The molecule has 2 aromatic rings. The first-order valence-corrected chi connectivity index (χ1v) is 14.4. The number of rotatable bonds is 12. The molecule has 2 aliphatic rings. The molecule has 39 heavy (non-hydrogen) atoms. The van der Waals surface area contributed by atoms with Gasteiger partial charge >= 0.3 is 0 Å². The zero-order chi connectivity index (χ0) is 27.8. The molecule has 1 aliphatic carbocycles. The van der Waals surface area contributed by atoms with Crippen molar-refractivity contribution >= 4 is 29.0 Å². The van der Waals surface area contributed by atoms with E-state index in [2.05, 4.69) is 52.7 Å². The van der Waals surface area contributed by atoms with Crippen LogP contribution in [0.15, 0.2) is 42.5 Å². The van der Waals surface area contributed by atoms with Crippen molar-refractivity contribution in [3.8, 4) is 0 Å². The number of hydroxylamine groups is 2. The summed E-state index contributed by atoms with van der Waals surface area (Å²) in [6, 6.07) is 14.5. The first-order valence-electron chi connectivity index (χ1n) is 14.4. The fourth-order valence-corrected chi connectivity index (χ4v) is 5.96. The number of fused-ring (bicyclic) bond motifs is 1. The van der Waals surface area contributed by atoms with Crippen LogP contribution in [0.1, 0.15) is 64.4 Å². The number of benzene rings is 2. The average Bonchev–Trinajstić information content (AvgIpc) is 3.44. The summed E-state index contributed by atoms with van der Waals surface area (Å²) < 4.78 is 0. The molecule has 1 aliphatic heterocycles. The van der Waals surface area contributed by atoms with Crippen LogP contribution >= 0.6 is 0 Å². The zero-order valence-corrected chi connectivity index (χ0v) is 23.5. The fourth-order valence-electron chi connectivity index (χ4n) is 5.96. The number of amides is 3. The van der Waals surface area contributed by atoms with Gasteiger partial charge in [0, 0.05) is 52.1 Å². The Balaban J connectivity index is 1.19. The molecule has 0 radical (unpaired) electrons. The van der Waals surface area contributed by atoms with E-state index in [-0.39, 0.29) is 18.2 Å². The third-order valence-corrected chi connectivity index (χ3v) is 8.32. The van der Waals surface area contributed by atoms with Gasteiger partial charge in [-0.1, -0.05) is 75.9 Å². The number of hydrogen-bond acceptors (Lipinski definition) is 5. The second-order valence-electron chi connectivity index (χ2n) is 12.2. The van der Waals surface area contributed by atoms with Crippen molar-refractivity contribution in [1.29, 1.82) is 0 Å². The second kappa shape index (κ2) is 13.4. The van der Waals surface area contributed by atoms with Crippen molar-refractivity contribution < 1.29 is 19.6 Å². The number of nitrogens with zero attached hydrogens (tertiary/aromatic N) is 3. The molecule has 1 atom stereocenters. The molecule has 8 heteroatoms. The van der Waals surface area contributed by atoms with E-state index in [0.717, 1.165) is 45.3 Å². The maximum atomic E-state index is 13.1. The lowest BCUT2D eigenvalue weighted by Crippen LogP contribution is -2.49. The van der Waals surface area contributed by atoms with Gasteiger partial charge in [0.1, 0.15) is 0 Å². The number of nitrogens with one attached hydrogen (secondary N) is 1. The van der Waals surface area contributed by atoms with Crippen LogP contribution in [-0.2, 0) is 20.9 Å². The summed E-state index contributed by atoms with van der Waals surface area (Å²) in [6.45, 7) is 8.30. The Kier molecular flexibility index (Phi) is 9.97. The number of carbonyl (C=O) groups excluding carboxylic acids is 3. The summed E-state index contributed by atoms with van der Waals surface area (Å²) in [5.74, 6) is 0.349. The van der Waals surface area contributed by atoms with Crippen LogP contribution in [-0.4, -0.2) is 77.1 Å². The predicted octanol–water partition coefficient (Wildman–Crippen LogP) is 4.20. The van der Waals surface area contributed by atoms with Crippen LogP contribution < -0.4 is 5.32 Å². The van der Waals surface area contributed by atoms with Gasteiger partial charge < -0.3 is 10.2 Å². The Labute approximate surface area is 232 Å². The largest absolute Gasteiger partial charge is 0.355 e. The Morgan fingerprint density at radius 1 is 1.08 bits per heavy atom. The topological polar surface area (TPSA) is 93.2 Å². The summed E-state index contributed by atoms with van der Waals surface area (Å²) >= 11 is 0. The van der Waals surface area contributed by atoms with Crippen molar-refractivity contribution in [2.45, 2.75) is 71.4 Å². The van der Waals surface area contributed by atoms with Crippen LogP contribution in [0.25, 0.3) is 10.8 Å². The minimum atomic E-state index is -0.513. The van der Waals surface area contributed by atoms with Gasteiger partial charge in [0.15, 0.2) is 0 Å². The standard InChI is InChI=1S/C31H44N4O4/c1-31(2,22-32-29(37)19-28(35(39)23-36)18-24-7-3-4-8-24)20-30(38)34-15-13-33(14-16-34)21-25-11-12-26-9-5-6-10-27(26)17-25/h5-6,9-12,17,23-24,28,39H,3-4,7-8,13-16,18-22H2,1-2H3,(H,32,37). The third-order valence-electron chi connectivity index (χ3n) is 8.32. The molecule has 0 aromatic heterocycles. The smallest absolute Gasteiger partial charge is 0.233 e. The normalized spacial score (nSPS) is 17.8. The number of piperazine rings is 1. The van der Waals surface area contributed by atoms with E-state index in [0.29, 0.717) is 49.9 Å². The summed E-state index contributed by atoms with van der Waals surface area (Å²) in [5.41, 5.74) is 0.882. The van der Waals surface area contributed by atoms with Crippen LogP contribution in [0.3, 0.4) is 0 Å². The monoisotopic (exact) mass is 536 g/mol. The van der Waals surface area contributed by atoms with Crippen molar-refractivity contribution in [2.75, 3.05) is 32.7 Å². The zero-order valence-electron chi connectivity index (χ0n) is 23.5. The lowest BCUT2D eigenvalue weighted by atomic mass is 9.88. The van der Waals surface area contributed by atoms with Gasteiger partial charge in [-0.05, 0) is 40.2 Å². The molecule has 2 fully saturated rings. The molecule has 3 amide bonds. The van der Waals surface area contributed by atoms with E-state index in [1.807, 2.05) is 18.7 Å². The molecule has 0 bridgehead atoms. The summed E-state index contributed by atoms with van der Waals surface area (Å²) in [4.78, 5) is 41.2.